The van der Waals surface area contributed by atoms with Gasteiger partial charge in [0.15, 0.2) is 0 Å². The molecule has 0 spiro atoms. The molecule has 10 heteroatoms. The van der Waals surface area contributed by atoms with Crippen molar-refractivity contribution in [1.82, 2.24) is 19.9 Å². The molecule has 1 aliphatic heterocycles. The third-order valence-electron chi connectivity index (χ3n) is 6.16. The molecule has 1 saturated carbocycles. The van der Waals surface area contributed by atoms with E-state index in [2.05, 4.69) is 10.3 Å². The summed E-state index contributed by atoms with van der Waals surface area (Å²) >= 11 is 7.72. The lowest BCUT2D eigenvalue weighted by molar-refractivity contribution is -0.0356. The summed E-state index contributed by atoms with van der Waals surface area (Å²) in [7, 11) is 0. The van der Waals surface area contributed by atoms with Crippen LogP contribution in [0.5, 0.6) is 0 Å². The Morgan fingerprint density at radius 3 is 2.64 bits per heavy atom. The molecule has 190 valence electrons. The maximum absolute atomic E-state index is 12.5. The molecular weight excluding hydrogens is 498 g/mol. The molecule has 2 aliphatic rings. The largest absolute Gasteiger partial charge is 0.444 e. The van der Waals surface area contributed by atoms with Gasteiger partial charge in [0.25, 0.3) is 0 Å². The van der Waals surface area contributed by atoms with E-state index in [0.29, 0.717) is 48.0 Å². The highest BCUT2D eigenvalue weighted by molar-refractivity contribution is 7.15. The fourth-order valence-electron chi connectivity index (χ4n) is 4.09. The predicted molar refractivity (Wildman–Crippen MR) is 141 cm³/mol. The second-order valence-electron chi connectivity index (χ2n) is 10.4. The summed E-state index contributed by atoms with van der Waals surface area (Å²) in [6.07, 6.45) is 4.36. The van der Waals surface area contributed by atoms with Crippen molar-refractivity contribution in [2.75, 3.05) is 18.4 Å². The van der Waals surface area contributed by atoms with Gasteiger partial charge in [-0.2, -0.15) is 0 Å². The molecule has 8 nitrogen and oxygen atoms in total. The summed E-state index contributed by atoms with van der Waals surface area (Å²) in [5.74, 6) is 0.589. The first-order valence-corrected chi connectivity index (χ1v) is 13.4. The Hall–Kier alpha value is -2.75. The Morgan fingerprint density at radius 2 is 1.97 bits per heavy atom. The van der Waals surface area contributed by atoms with Gasteiger partial charge in [-0.05, 0) is 51.8 Å². The van der Waals surface area contributed by atoms with Gasteiger partial charge in [-0.15, -0.1) is 11.3 Å². The second-order valence-corrected chi connectivity index (χ2v) is 11.8. The van der Waals surface area contributed by atoms with Crippen molar-refractivity contribution in [1.29, 1.82) is 0 Å². The number of aliphatic hydroxyl groups is 1. The number of piperidine rings is 1. The molecule has 2 N–H and O–H groups in total. The molecule has 1 aromatic carbocycles. The number of amides is 1. The number of halogens is 1. The third kappa shape index (κ3) is 5.63. The van der Waals surface area contributed by atoms with Crippen molar-refractivity contribution < 1.29 is 14.6 Å². The zero-order valence-corrected chi connectivity index (χ0v) is 22.2. The monoisotopic (exact) mass is 527 g/mol. The average molecular weight is 528 g/mol. The van der Waals surface area contributed by atoms with Crippen molar-refractivity contribution in [3.8, 4) is 21.8 Å². The summed E-state index contributed by atoms with van der Waals surface area (Å²) in [6, 6.07) is 9.81. The maximum Gasteiger partial charge on any atom is 0.410 e. The first kappa shape index (κ1) is 24.9. The van der Waals surface area contributed by atoms with E-state index in [1.165, 1.54) is 11.3 Å². The second kappa shape index (κ2) is 9.61. The highest BCUT2D eigenvalue weighted by atomic mass is 35.5. The van der Waals surface area contributed by atoms with Crippen LogP contribution in [0.25, 0.3) is 21.8 Å². The van der Waals surface area contributed by atoms with Crippen molar-refractivity contribution in [3.05, 3.63) is 46.6 Å². The number of nitrogens with zero attached hydrogens (tertiary/aromatic N) is 4. The van der Waals surface area contributed by atoms with Gasteiger partial charge in [0.2, 0.25) is 5.95 Å². The van der Waals surface area contributed by atoms with Crippen LogP contribution in [0, 0.1) is 0 Å². The summed E-state index contributed by atoms with van der Waals surface area (Å²) in [5.41, 5.74) is 0.589. The number of hydrogen-bond donors (Lipinski definition) is 2. The van der Waals surface area contributed by atoms with E-state index in [9.17, 15) is 9.90 Å². The van der Waals surface area contributed by atoms with Gasteiger partial charge in [0.1, 0.15) is 16.2 Å². The molecule has 3 aromatic rings. The van der Waals surface area contributed by atoms with Crippen LogP contribution in [0.4, 0.5) is 10.7 Å². The number of nitrogens with one attached hydrogen (secondary N) is 1. The Balaban J connectivity index is 1.45. The van der Waals surface area contributed by atoms with Crippen LogP contribution in [0.2, 0.25) is 5.02 Å². The van der Waals surface area contributed by atoms with Crippen LogP contribution in [-0.4, -0.2) is 55.8 Å². The molecule has 0 radical (unpaired) electrons. The van der Waals surface area contributed by atoms with Gasteiger partial charge in [0.05, 0.1) is 16.3 Å². The smallest absolute Gasteiger partial charge is 0.410 e. The lowest BCUT2D eigenvalue weighted by Crippen LogP contribution is -2.46. The normalized spacial score (nSPS) is 17.6. The third-order valence-corrected chi connectivity index (χ3v) is 7.67. The summed E-state index contributed by atoms with van der Waals surface area (Å²) in [4.78, 5) is 29.0. The lowest BCUT2D eigenvalue weighted by Gasteiger charge is -2.37. The Labute approximate surface area is 219 Å². The van der Waals surface area contributed by atoms with Crippen molar-refractivity contribution in [2.45, 2.75) is 63.7 Å². The first-order valence-electron chi connectivity index (χ1n) is 12.2. The number of benzene rings is 1. The van der Waals surface area contributed by atoms with E-state index in [-0.39, 0.29) is 6.09 Å². The number of ether oxygens (including phenoxy) is 1. The van der Waals surface area contributed by atoms with E-state index < -0.39 is 11.2 Å². The van der Waals surface area contributed by atoms with Crippen molar-refractivity contribution in [2.24, 2.45) is 0 Å². The van der Waals surface area contributed by atoms with Crippen LogP contribution in [0.3, 0.4) is 0 Å². The van der Waals surface area contributed by atoms with Crippen LogP contribution in [-0.2, 0) is 10.3 Å². The molecule has 1 aliphatic carbocycles. The van der Waals surface area contributed by atoms with E-state index in [1.54, 1.807) is 11.1 Å². The summed E-state index contributed by atoms with van der Waals surface area (Å²) in [5, 5.41) is 16.2. The molecule has 1 amide bonds. The molecule has 0 unspecified atom stereocenters. The molecule has 1 saturated heterocycles. The van der Waals surface area contributed by atoms with Gasteiger partial charge in [0, 0.05) is 48.8 Å². The molecule has 0 bridgehead atoms. The SMILES string of the molecule is CC(C)(C)OC(=O)N1CCC(O)(c2nc(-c3cccc(Cl)c3)c(-c3ccnc(NC4CC4)n3)s2)CC1. The van der Waals surface area contributed by atoms with E-state index >= 15 is 0 Å². The Morgan fingerprint density at radius 1 is 1.22 bits per heavy atom. The van der Waals surface area contributed by atoms with Gasteiger partial charge in [-0.1, -0.05) is 23.7 Å². The van der Waals surface area contributed by atoms with Gasteiger partial charge >= 0.3 is 6.09 Å². The predicted octanol–water partition coefficient (Wildman–Crippen LogP) is 5.71. The molecule has 36 heavy (non-hydrogen) atoms. The number of anilines is 1. The highest BCUT2D eigenvalue weighted by Gasteiger charge is 2.40. The zero-order valence-electron chi connectivity index (χ0n) is 20.6. The number of rotatable bonds is 5. The van der Waals surface area contributed by atoms with E-state index in [4.69, 9.17) is 26.3 Å². The van der Waals surface area contributed by atoms with Crippen LogP contribution in [0.1, 0.15) is 51.5 Å². The minimum atomic E-state index is -1.16. The van der Waals surface area contributed by atoms with Gasteiger partial charge < -0.3 is 20.1 Å². The molecule has 0 atom stereocenters. The summed E-state index contributed by atoms with van der Waals surface area (Å²) < 4.78 is 5.50. The molecule has 2 fully saturated rings. The number of carbonyl (C=O) groups is 1. The zero-order chi connectivity index (χ0) is 25.5. The minimum absolute atomic E-state index is 0.360. The lowest BCUT2D eigenvalue weighted by atomic mass is 9.92. The fourth-order valence-corrected chi connectivity index (χ4v) is 5.48. The van der Waals surface area contributed by atoms with Crippen molar-refractivity contribution in [3.63, 3.8) is 0 Å². The van der Waals surface area contributed by atoms with E-state index in [0.717, 1.165) is 34.7 Å². The number of carbonyl (C=O) groups excluding carboxylic acids is 1. The Kier molecular flexibility index (Phi) is 6.65. The van der Waals surface area contributed by atoms with Crippen molar-refractivity contribution >= 4 is 35.0 Å². The average Bonchev–Trinajstić information content (AvgIpc) is 3.51. The van der Waals surface area contributed by atoms with Crippen LogP contribution >= 0.6 is 22.9 Å². The van der Waals surface area contributed by atoms with E-state index in [1.807, 2.05) is 51.1 Å². The highest BCUT2D eigenvalue weighted by Crippen LogP contribution is 2.43. The number of thiazole rings is 1. The quantitative estimate of drug-likeness (QED) is 0.438. The van der Waals surface area contributed by atoms with Crippen LogP contribution < -0.4 is 5.32 Å². The number of aromatic nitrogens is 3. The minimum Gasteiger partial charge on any atom is -0.444 e. The topological polar surface area (TPSA) is 100 Å². The number of hydrogen-bond acceptors (Lipinski definition) is 8. The fraction of sp³-hybridized carbons (Fsp3) is 0.462. The Bertz CT molecular complexity index is 1260. The summed E-state index contributed by atoms with van der Waals surface area (Å²) in [6.45, 7) is 6.31. The molecular formula is C26H30ClN5O3S. The number of likely N-dealkylation sites (tertiary alicyclic amines) is 1. The van der Waals surface area contributed by atoms with Crippen LogP contribution in [0.15, 0.2) is 36.5 Å². The standard InChI is InChI=1S/C26H30ClN5O3S/c1-25(2,3)35-24(33)32-13-10-26(34,11-14-32)22-31-20(16-5-4-6-17(27)15-16)21(36-22)19-9-12-28-23(30-19)29-18-7-8-18/h4-6,9,12,15,18,34H,7-8,10-11,13-14H2,1-3H3,(H,28,29,30). The maximum atomic E-state index is 12.5. The van der Waals surface area contributed by atoms with Gasteiger partial charge in [-0.3, -0.25) is 0 Å². The molecule has 3 heterocycles. The van der Waals surface area contributed by atoms with Gasteiger partial charge in [-0.25, -0.2) is 19.7 Å². The molecule has 2 aromatic heterocycles. The first-order chi connectivity index (χ1) is 17.1. The molecule has 5 rings (SSSR count).